The number of hydrogen-bond acceptors (Lipinski definition) is 5. The molecule has 1 aliphatic heterocycles. The van der Waals surface area contributed by atoms with E-state index in [0.717, 1.165) is 18.4 Å². The molecule has 9 heteroatoms. The largest absolute Gasteiger partial charge is 0.466 e. The van der Waals surface area contributed by atoms with Gasteiger partial charge in [-0.15, -0.1) is 0 Å². The fourth-order valence-electron chi connectivity index (χ4n) is 2.73. The normalized spacial score (nSPS) is 16.3. The molecule has 1 saturated heterocycles. The van der Waals surface area contributed by atoms with Crippen LogP contribution in [0.15, 0.2) is 24.3 Å². The van der Waals surface area contributed by atoms with Gasteiger partial charge in [-0.1, -0.05) is 37.1 Å². The smallest absolute Gasteiger partial charge is 0.308 e. The van der Waals surface area contributed by atoms with Crippen molar-refractivity contribution in [2.75, 3.05) is 19.7 Å². The van der Waals surface area contributed by atoms with Crippen molar-refractivity contribution >= 4 is 46.7 Å². The van der Waals surface area contributed by atoms with Crippen LogP contribution in [-0.4, -0.2) is 53.5 Å². The second kappa shape index (κ2) is 11.0. The Bertz CT molecular complexity index is 726. The van der Waals surface area contributed by atoms with Gasteiger partial charge in [-0.3, -0.25) is 14.4 Å². The number of carbonyl (C=O) groups is 3. The molecule has 0 aromatic heterocycles. The predicted octanol–water partition coefficient (Wildman–Crippen LogP) is 1.82. The van der Waals surface area contributed by atoms with E-state index in [-0.39, 0.29) is 29.8 Å². The summed E-state index contributed by atoms with van der Waals surface area (Å²) in [6.45, 7) is 3.10. The Morgan fingerprint density at radius 1 is 1.36 bits per heavy atom. The van der Waals surface area contributed by atoms with Crippen LogP contribution in [0.25, 0.3) is 0 Å². The quantitative estimate of drug-likeness (QED) is 0.393. The average Bonchev–Trinajstić information content (AvgIpc) is 2.65. The van der Waals surface area contributed by atoms with E-state index in [0.29, 0.717) is 24.7 Å². The van der Waals surface area contributed by atoms with Crippen LogP contribution >= 0.6 is 23.8 Å². The summed E-state index contributed by atoms with van der Waals surface area (Å²) in [5.41, 5.74) is 0.789. The number of esters is 1. The van der Waals surface area contributed by atoms with E-state index < -0.39 is 12.0 Å². The molecule has 28 heavy (non-hydrogen) atoms. The Labute approximate surface area is 174 Å². The van der Waals surface area contributed by atoms with Gasteiger partial charge in [-0.2, -0.15) is 0 Å². The number of rotatable bonds is 7. The number of nitrogens with one attached hydrogen (secondary N) is 2. The summed E-state index contributed by atoms with van der Waals surface area (Å²) >= 11 is 11.2. The third-order valence-corrected chi connectivity index (χ3v) is 4.83. The topological polar surface area (TPSA) is 87.7 Å². The molecule has 152 valence electrons. The molecule has 0 radical (unpaired) electrons. The van der Waals surface area contributed by atoms with Crippen molar-refractivity contribution in [1.29, 1.82) is 0 Å². The number of piperazine rings is 1. The number of nitrogens with zero attached hydrogens (tertiary/aromatic N) is 1. The Balaban J connectivity index is 1.94. The molecule has 7 nitrogen and oxygen atoms in total. The molecule has 1 atom stereocenters. The van der Waals surface area contributed by atoms with Gasteiger partial charge in [0.05, 0.1) is 19.4 Å². The van der Waals surface area contributed by atoms with Crippen LogP contribution in [0.3, 0.4) is 0 Å². The first-order valence-electron chi connectivity index (χ1n) is 9.19. The maximum absolute atomic E-state index is 12.3. The lowest BCUT2D eigenvalue weighted by molar-refractivity contribution is -0.147. The van der Waals surface area contributed by atoms with E-state index in [1.165, 1.54) is 0 Å². The second-order valence-corrected chi connectivity index (χ2v) is 7.26. The van der Waals surface area contributed by atoms with Gasteiger partial charge in [0.25, 0.3) is 0 Å². The van der Waals surface area contributed by atoms with Crippen molar-refractivity contribution in [3.05, 3.63) is 34.9 Å². The predicted molar refractivity (Wildman–Crippen MR) is 110 cm³/mol. The van der Waals surface area contributed by atoms with E-state index in [1.54, 1.807) is 29.2 Å². The molecule has 1 aliphatic rings. The molecule has 2 rings (SSSR count). The summed E-state index contributed by atoms with van der Waals surface area (Å²) in [7, 11) is 0. The highest BCUT2D eigenvalue weighted by Gasteiger charge is 2.34. The molecule has 2 amide bonds. The summed E-state index contributed by atoms with van der Waals surface area (Å²) in [6.07, 6.45) is 1.68. The third-order valence-electron chi connectivity index (χ3n) is 4.24. The van der Waals surface area contributed by atoms with Crippen molar-refractivity contribution in [1.82, 2.24) is 15.5 Å². The first-order chi connectivity index (χ1) is 13.4. The van der Waals surface area contributed by atoms with Gasteiger partial charge in [0.15, 0.2) is 5.11 Å². The number of thiocarbonyl (C=S) groups is 1. The van der Waals surface area contributed by atoms with Gasteiger partial charge in [-0.25, -0.2) is 0 Å². The molecule has 0 saturated carbocycles. The highest BCUT2D eigenvalue weighted by atomic mass is 35.5. The number of carbonyl (C=O) groups excluding carboxylic acids is 3. The van der Waals surface area contributed by atoms with Crippen molar-refractivity contribution in [3.8, 4) is 0 Å². The zero-order valence-electron chi connectivity index (χ0n) is 15.7. The van der Waals surface area contributed by atoms with Gasteiger partial charge >= 0.3 is 5.97 Å². The minimum atomic E-state index is -0.800. The lowest BCUT2D eigenvalue weighted by atomic mass is 10.1. The molecule has 2 N–H and O–H groups in total. The maximum atomic E-state index is 12.3. The number of hydrogen-bond donors (Lipinski definition) is 2. The second-order valence-electron chi connectivity index (χ2n) is 6.43. The van der Waals surface area contributed by atoms with Crippen molar-refractivity contribution in [2.45, 2.75) is 38.6 Å². The summed E-state index contributed by atoms with van der Waals surface area (Å²) in [5.74, 6) is -1.08. The summed E-state index contributed by atoms with van der Waals surface area (Å²) < 4.78 is 5.14. The fourth-order valence-corrected chi connectivity index (χ4v) is 3.19. The van der Waals surface area contributed by atoms with Gasteiger partial charge < -0.3 is 20.3 Å². The number of halogens is 1. The third kappa shape index (κ3) is 6.76. The molecule has 1 unspecified atom stereocenters. The highest BCUT2D eigenvalue weighted by Crippen LogP contribution is 2.12. The number of amides is 2. The van der Waals surface area contributed by atoms with Crippen LogP contribution in [0.2, 0.25) is 5.02 Å². The first kappa shape index (κ1) is 22.1. The van der Waals surface area contributed by atoms with Gasteiger partial charge in [0, 0.05) is 18.1 Å². The zero-order valence-corrected chi connectivity index (χ0v) is 17.3. The zero-order chi connectivity index (χ0) is 20.5. The number of unbranched alkanes of at least 4 members (excludes halogenated alkanes) is 1. The van der Waals surface area contributed by atoms with E-state index in [1.807, 2.05) is 6.92 Å². The molecule has 1 fully saturated rings. The van der Waals surface area contributed by atoms with Crippen molar-refractivity contribution in [2.24, 2.45) is 0 Å². The minimum absolute atomic E-state index is 0.122. The molecular formula is C19H24ClN3O4S. The maximum Gasteiger partial charge on any atom is 0.308 e. The van der Waals surface area contributed by atoms with Crippen molar-refractivity contribution < 1.29 is 19.1 Å². The first-order valence-corrected chi connectivity index (χ1v) is 9.97. The van der Waals surface area contributed by atoms with Gasteiger partial charge in [0.2, 0.25) is 11.8 Å². The van der Waals surface area contributed by atoms with Crippen LogP contribution in [-0.2, 0) is 25.5 Å². The van der Waals surface area contributed by atoms with Gasteiger partial charge in [-0.05, 0) is 36.3 Å². The monoisotopic (exact) mass is 425 g/mol. The lowest BCUT2D eigenvalue weighted by Crippen LogP contribution is -2.60. The molecule has 0 bridgehead atoms. The standard InChI is InChI=1S/C19H24ClN3O4S/c1-2-3-10-27-17(25)12-15-18(26)21-8-9-23(15)19(28)22-16(24)11-13-4-6-14(20)7-5-13/h4-7,15H,2-3,8-12H2,1H3,(H,21,26)(H,22,24,28). The average molecular weight is 426 g/mol. The molecule has 1 aromatic rings. The van der Waals surface area contributed by atoms with Gasteiger partial charge in [0.1, 0.15) is 6.04 Å². The van der Waals surface area contributed by atoms with Crippen LogP contribution < -0.4 is 10.6 Å². The molecule has 1 aromatic carbocycles. The Morgan fingerprint density at radius 2 is 2.07 bits per heavy atom. The molecule has 0 spiro atoms. The van der Waals surface area contributed by atoms with E-state index >= 15 is 0 Å². The highest BCUT2D eigenvalue weighted by molar-refractivity contribution is 7.80. The van der Waals surface area contributed by atoms with Crippen LogP contribution in [0.1, 0.15) is 31.7 Å². The Kier molecular flexibility index (Phi) is 8.66. The lowest BCUT2D eigenvalue weighted by Gasteiger charge is -2.36. The summed E-state index contributed by atoms with van der Waals surface area (Å²) in [4.78, 5) is 38.1. The molecule has 1 heterocycles. The Hall–Kier alpha value is -2.19. The number of ether oxygens (including phenoxy) is 1. The van der Waals surface area contributed by atoms with E-state index in [9.17, 15) is 14.4 Å². The summed E-state index contributed by atoms with van der Waals surface area (Å²) in [6, 6.07) is 6.13. The molecule has 0 aliphatic carbocycles. The van der Waals surface area contributed by atoms with Crippen LogP contribution in [0.4, 0.5) is 0 Å². The van der Waals surface area contributed by atoms with E-state index in [2.05, 4.69) is 10.6 Å². The minimum Gasteiger partial charge on any atom is -0.466 e. The fraction of sp³-hybridized carbons (Fsp3) is 0.474. The Morgan fingerprint density at radius 3 is 2.75 bits per heavy atom. The summed E-state index contributed by atoms with van der Waals surface area (Å²) in [5, 5.41) is 6.07. The SMILES string of the molecule is CCCCOC(=O)CC1C(=O)NCCN1C(=S)NC(=O)Cc1ccc(Cl)cc1. The van der Waals surface area contributed by atoms with Crippen LogP contribution in [0.5, 0.6) is 0 Å². The van der Waals surface area contributed by atoms with Crippen molar-refractivity contribution in [3.63, 3.8) is 0 Å². The molecular weight excluding hydrogens is 402 g/mol. The van der Waals surface area contributed by atoms with E-state index in [4.69, 9.17) is 28.6 Å². The van der Waals surface area contributed by atoms with Crippen LogP contribution in [0, 0.1) is 0 Å². The number of benzene rings is 1.